The van der Waals surface area contributed by atoms with Gasteiger partial charge in [0.25, 0.3) is 5.56 Å². The number of thiophene rings is 1. The molecule has 0 unspecified atom stereocenters. The smallest absolute Gasteiger partial charge is 0.259 e. The Morgan fingerprint density at radius 1 is 1.24 bits per heavy atom. The van der Waals surface area contributed by atoms with Gasteiger partial charge in [-0.25, -0.2) is 9.97 Å². The Balaban J connectivity index is 1.10. The van der Waals surface area contributed by atoms with Crippen molar-refractivity contribution in [3.05, 3.63) is 80.7 Å². The highest BCUT2D eigenvalue weighted by atomic mass is 32.2. The largest absolute Gasteiger partial charge is 0.352 e. The van der Waals surface area contributed by atoms with E-state index in [-0.39, 0.29) is 11.5 Å². The van der Waals surface area contributed by atoms with E-state index < -0.39 is 0 Å². The lowest BCUT2D eigenvalue weighted by atomic mass is 10.1. The summed E-state index contributed by atoms with van der Waals surface area (Å²) in [5, 5.41) is 3.81. The molecule has 3 heterocycles. The lowest BCUT2D eigenvalue weighted by molar-refractivity contribution is -0.120. The van der Waals surface area contributed by atoms with Crippen LogP contribution in [0.15, 0.2) is 47.8 Å². The molecule has 0 saturated carbocycles. The van der Waals surface area contributed by atoms with Gasteiger partial charge in [0.05, 0.1) is 17.5 Å². The molecule has 0 bridgehead atoms. The number of aromatic nitrogens is 4. The number of fused-ring (bicyclic) bond motifs is 3. The lowest BCUT2D eigenvalue weighted by Gasteiger charge is -2.11. The monoisotopic (exact) mass is 479 g/mol. The molecular formula is C24H25N5O2S2. The summed E-state index contributed by atoms with van der Waals surface area (Å²) < 4.78 is 2.01. The normalized spacial score (nSPS) is 12.8. The predicted octanol–water partition coefficient (Wildman–Crippen LogP) is 3.66. The number of nitrogens with one attached hydrogen (secondary N) is 2. The molecule has 7 nitrogen and oxygen atoms in total. The van der Waals surface area contributed by atoms with E-state index in [4.69, 9.17) is 0 Å². The molecule has 0 radical (unpaired) electrons. The maximum Gasteiger partial charge on any atom is 0.259 e. The van der Waals surface area contributed by atoms with Gasteiger partial charge in [0.15, 0.2) is 0 Å². The molecule has 1 aliphatic carbocycles. The molecule has 1 aliphatic rings. The second-order valence-corrected chi connectivity index (χ2v) is 10.3. The molecule has 0 spiro atoms. The Bertz CT molecular complexity index is 1330. The van der Waals surface area contributed by atoms with Crippen LogP contribution in [0.3, 0.4) is 0 Å². The van der Waals surface area contributed by atoms with Gasteiger partial charge in [-0.2, -0.15) is 11.8 Å². The Kier molecular flexibility index (Phi) is 6.59. The molecule has 0 atom stereocenters. The van der Waals surface area contributed by atoms with Crippen molar-refractivity contribution in [3.63, 3.8) is 0 Å². The Morgan fingerprint density at radius 3 is 2.97 bits per heavy atom. The molecule has 1 aromatic carbocycles. The molecule has 9 heteroatoms. The van der Waals surface area contributed by atoms with Gasteiger partial charge in [-0.1, -0.05) is 24.3 Å². The number of rotatable bonds is 9. The fourth-order valence-corrected chi connectivity index (χ4v) is 6.28. The van der Waals surface area contributed by atoms with E-state index in [0.29, 0.717) is 30.3 Å². The Morgan fingerprint density at radius 2 is 2.12 bits per heavy atom. The zero-order valence-electron chi connectivity index (χ0n) is 18.2. The number of benzene rings is 1. The van der Waals surface area contributed by atoms with Crippen molar-refractivity contribution in [2.45, 2.75) is 44.5 Å². The minimum absolute atomic E-state index is 0.0199. The number of carbonyl (C=O) groups excluding carboxylic acids is 1. The number of amides is 1. The molecule has 5 rings (SSSR count). The van der Waals surface area contributed by atoms with Crippen LogP contribution < -0.4 is 10.9 Å². The highest BCUT2D eigenvalue weighted by Gasteiger charge is 2.21. The summed E-state index contributed by atoms with van der Waals surface area (Å²) in [5.74, 6) is 1.97. The lowest BCUT2D eigenvalue weighted by Crippen LogP contribution is -2.24. The van der Waals surface area contributed by atoms with Crippen LogP contribution in [-0.4, -0.2) is 31.2 Å². The van der Waals surface area contributed by atoms with Crippen molar-refractivity contribution in [1.82, 2.24) is 24.8 Å². The molecule has 4 aromatic rings. The first-order chi connectivity index (χ1) is 16.2. The molecule has 0 aliphatic heterocycles. The van der Waals surface area contributed by atoms with Crippen LogP contribution in [0.4, 0.5) is 0 Å². The van der Waals surface area contributed by atoms with E-state index in [1.54, 1.807) is 35.6 Å². The van der Waals surface area contributed by atoms with Gasteiger partial charge in [-0.05, 0) is 36.0 Å². The number of thioether (sulfide) groups is 1. The van der Waals surface area contributed by atoms with Crippen molar-refractivity contribution in [3.8, 4) is 0 Å². The van der Waals surface area contributed by atoms with Crippen LogP contribution >= 0.6 is 23.1 Å². The maximum atomic E-state index is 12.5. The van der Waals surface area contributed by atoms with Gasteiger partial charge < -0.3 is 14.9 Å². The number of carbonyl (C=O) groups is 1. The topological polar surface area (TPSA) is 92.7 Å². The number of aryl methyl sites for hydroxylation is 2. The first-order valence-electron chi connectivity index (χ1n) is 11.1. The molecular weight excluding hydrogens is 454 g/mol. The van der Waals surface area contributed by atoms with Crippen LogP contribution in [0.1, 0.15) is 40.2 Å². The van der Waals surface area contributed by atoms with Crippen LogP contribution in [0.2, 0.25) is 0 Å². The first kappa shape index (κ1) is 21.9. The van der Waals surface area contributed by atoms with Crippen molar-refractivity contribution in [2.24, 2.45) is 0 Å². The number of nitrogens with zero attached hydrogens (tertiary/aromatic N) is 3. The maximum absolute atomic E-state index is 12.5. The number of imidazole rings is 1. The van der Waals surface area contributed by atoms with E-state index in [9.17, 15) is 9.59 Å². The van der Waals surface area contributed by atoms with E-state index in [0.717, 1.165) is 47.2 Å². The average molecular weight is 480 g/mol. The summed E-state index contributed by atoms with van der Waals surface area (Å²) in [4.78, 5) is 38.8. The summed E-state index contributed by atoms with van der Waals surface area (Å²) in [6, 6.07) is 8.11. The molecule has 2 N–H and O–H groups in total. The molecule has 33 heavy (non-hydrogen) atoms. The van der Waals surface area contributed by atoms with Crippen LogP contribution in [0.5, 0.6) is 0 Å². The van der Waals surface area contributed by atoms with Crippen LogP contribution in [0.25, 0.3) is 10.2 Å². The van der Waals surface area contributed by atoms with Gasteiger partial charge in [-0.15, -0.1) is 11.3 Å². The van der Waals surface area contributed by atoms with E-state index in [1.807, 2.05) is 29.0 Å². The number of hydrogen-bond acceptors (Lipinski definition) is 6. The Labute approximate surface area is 199 Å². The summed E-state index contributed by atoms with van der Waals surface area (Å²) >= 11 is 3.27. The van der Waals surface area contributed by atoms with Crippen molar-refractivity contribution >= 4 is 39.2 Å². The fourth-order valence-electron chi connectivity index (χ4n) is 4.19. The highest BCUT2D eigenvalue weighted by Crippen LogP contribution is 2.34. The SMILES string of the molecule is O=C(CCSCc1nc2sc3c(c2c(=O)[nH]1)CCC3)NCc1ccccc1Cn1ccnc1. The fraction of sp³-hybridized carbons (Fsp3) is 0.333. The number of H-pyrrole nitrogens is 1. The minimum Gasteiger partial charge on any atom is -0.352 e. The predicted molar refractivity (Wildman–Crippen MR) is 133 cm³/mol. The van der Waals surface area contributed by atoms with Crippen molar-refractivity contribution in [2.75, 3.05) is 5.75 Å². The van der Waals surface area contributed by atoms with E-state index in [1.165, 1.54) is 10.4 Å². The molecule has 1 amide bonds. The average Bonchev–Trinajstić information content (AvgIpc) is 3.54. The summed E-state index contributed by atoms with van der Waals surface area (Å²) in [6.07, 6.45) is 9.08. The second-order valence-electron chi connectivity index (χ2n) is 8.13. The summed E-state index contributed by atoms with van der Waals surface area (Å²) in [5.41, 5.74) is 3.44. The van der Waals surface area contributed by atoms with E-state index >= 15 is 0 Å². The van der Waals surface area contributed by atoms with Gasteiger partial charge in [0.1, 0.15) is 10.7 Å². The van der Waals surface area contributed by atoms with Crippen molar-refractivity contribution < 1.29 is 4.79 Å². The highest BCUT2D eigenvalue weighted by molar-refractivity contribution is 7.98. The summed E-state index contributed by atoms with van der Waals surface area (Å²) in [7, 11) is 0. The third kappa shape index (κ3) is 5.04. The third-order valence-electron chi connectivity index (χ3n) is 5.84. The van der Waals surface area contributed by atoms with E-state index in [2.05, 4.69) is 26.3 Å². The van der Waals surface area contributed by atoms with Gasteiger partial charge >= 0.3 is 0 Å². The van der Waals surface area contributed by atoms with Gasteiger partial charge in [-0.3, -0.25) is 9.59 Å². The standard InChI is InChI=1S/C24H25N5O2S2/c30-21(26-12-16-4-1-2-5-17(16)13-29-10-9-25-15-29)8-11-32-14-20-27-23(31)22-18-6-3-7-19(18)33-24(22)28-20/h1-2,4-5,9-10,15H,3,6-8,11-14H2,(H,26,30)(H,27,28,31). The number of aromatic amines is 1. The second kappa shape index (κ2) is 9.93. The zero-order valence-corrected chi connectivity index (χ0v) is 19.8. The minimum atomic E-state index is -0.0258. The molecule has 170 valence electrons. The quantitative estimate of drug-likeness (QED) is 0.358. The number of hydrogen-bond donors (Lipinski definition) is 2. The molecule has 3 aromatic heterocycles. The Hall–Kier alpha value is -2.91. The van der Waals surface area contributed by atoms with Crippen molar-refractivity contribution in [1.29, 1.82) is 0 Å². The molecule has 0 saturated heterocycles. The molecule has 0 fully saturated rings. The van der Waals surface area contributed by atoms with Gasteiger partial charge in [0, 0.05) is 42.5 Å². The zero-order chi connectivity index (χ0) is 22.6. The summed E-state index contributed by atoms with van der Waals surface area (Å²) in [6.45, 7) is 1.23. The van der Waals surface area contributed by atoms with Crippen LogP contribution in [-0.2, 0) is 36.5 Å². The van der Waals surface area contributed by atoms with Crippen LogP contribution in [0, 0.1) is 0 Å². The first-order valence-corrected chi connectivity index (χ1v) is 13.0. The van der Waals surface area contributed by atoms with Gasteiger partial charge in [0.2, 0.25) is 5.91 Å². The third-order valence-corrected chi connectivity index (χ3v) is 8.00.